The van der Waals surface area contributed by atoms with Crippen molar-refractivity contribution in [3.63, 3.8) is 0 Å². The standard InChI is InChI=1S/C14H17NO3/c1-15-12-3-2-9(6-11(12)7-13(15)16)14(17)10-4-5-18-8-10/h2-3,6,10,14,17H,4-5,7-8H2,1H3. The van der Waals surface area contributed by atoms with Crippen molar-refractivity contribution in [3.8, 4) is 0 Å². The molecule has 2 aliphatic rings. The number of aliphatic hydroxyl groups excluding tert-OH is 1. The Kier molecular flexibility index (Phi) is 2.84. The van der Waals surface area contributed by atoms with Gasteiger partial charge in [0.1, 0.15) is 0 Å². The highest BCUT2D eigenvalue weighted by Crippen LogP contribution is 2.34. The fraction of sp³-hybridized carbons (Fsp3) is 0.500. The normalized spacial score (nSPS) is 24.4. The van der Waals surface area contributed by atoms with Gasteiger partial charge in [0, 0.05) is 25.3 Å². The third-order valence-electron chi connectivity index (χ3n) is 3.93. The Bertz CT molecular complexity index is 480. The molecule has 2 unspecified atom stereocenters. The predicted octanol–water partition coefficient (Wildman–Crippen LogP) is 1.28. The van der Waals surface area contributed by atoms with Crippen LogP contribution in [0.5, 0.6) is 0 Å². The van der Waals surface area contributed by atoms with Gasteiger partial charge in [-0.1, -0.05) is 12.1 Å². The van der Waals surface area contributed by atoms with E-state index in [4.69, 9.17) is 4.74 Å². The lowest BCUT2D eigenvalue weighted by molar-refractivity contribution is -0.117. The summed E-state index contributed by atoms with van der Waals surface area (Å²) in [6, 6.07) is 5.80. The number of likely N-dealkylation sites (N-methyl/N-ethyl adjacent to an activating group) is 1. The van der Waals surface area contributed by atoms with E-state index < -0.39 is 6.10 Å². The van der Waals surface area contributed by atoms with Crippen LogP contribution in [0.1, 0.15) is 23.7 Å². The van der Waals surface area contributed by atoms with Crippen molar-refractivity contribution in [2.75, 3.05) is 25.2 Å². The highest BCUT2D eigenvalue weighted by atomic mass is 16.5. The van der Waals surface area contributed by atoms with Crippen LogP contribution in [0.25, 0.3) is 0 Å². The van der Waals surface area contributed by atoms with Crippen molar-refractivity contribution in [1.82, 2.24) is 0 Å². The molecule has 2 aliphatic heterocycles. The summed E-state index contributed by atoms with van der Waals surface area (Å²) in [5, 5.41) is 10.3. The van der Waals surface area contributed by atoms with Gasteiger partial charge in [-0.15, -0.1) is 0 Å². The molecule has 4 nitrogen and oxygen atoms in total. The van der Waals surface area contributed by atoms with E-state index in [1.54, 1.807) is 11.9 Å². The number of fused-ring (bicyclic) bond motifs is 1. The van der Waals surface area contributed by atoms with Crippen molar-refractivity contribution in [2.45, 2.75) is 18.9 Å². The van der Waals surface area contributed by atoms with E-state index in [0.717, 1.165) is 29.8 Å². The van der Waals surface area contributed by atoms with E-state index in [-0.39, 0.29) is 11.8 Å². The number of hydrogen-bond donors (Lipinski definition) is 1. The van der Waals surface area contributed by atoms with Gasteiger partial charge in [0.15, 0.2) is 0 Å². The third-order valence-corrected chi connectivity index (χ3v) is 3.93. The molecular weight excluding hydrogens is 230 g/mol. The lowest BCUT2D eigenvalue weighted by atomic mass is 9.93. The van der Waals surface area contributed by atoms with Crippen LogP contribution in [0.2, 0.25) is 0 Å². The van der Waals surface area contributed by atoms with E-state index in [2.05, 4.69) is 0 Å². The first-order valence-corrected chi connectivity index (χ1v) is 6.32. The zero-order chi connectivity index (χ0) is 12.7. The summed E-state index contributed by atoms with van der Waals surface area (Å²) < 4.78 is 5.30. The fourth-order valence-corrected chi connectivity index (χ4v) is 2.75. The molecule has 96 valence electrons. The van der Waals surface area contributed by atoms with Crippen molar-refractivity contribution in [3.05, 3.63) is 29.3 Å². The van der Waals surface area contributed by atoms with Gasteiger partial charge in [0.25, 0.3) is 0 Å². The molecule has 0 spiro atoms. The van der Waals surface area contributed by atoms with Crippen LogP contribution in [-0.4, -0.2) is 31.3 Å². The van der Waals surface area contributed by atoms with Crippen molar-refractivity contribution in [2.24, 2.45) is 5.92 Å². The SMILES string of the molecule is CN1C(=O)Cc2cc(C(O)C3CCOC3)ccc21. The van der Waals surface area contributed by atoms with Gasteiger partial charge in [-0.3, -0.25) is 4.79 Å². The van der Waals surface area contributed by atoms with Crippen LogP contribution in [0, 0.1) is 5.92 Å². The minimum atomic E-state index is -0.487. The van der Waals surface area contributed by atoms with Crippen LogP contribution < -0.4 is 4.90 Å². The Morgan fingerprint density at radius 1 is 1.50 bits per heavy atom. The summed E-state index contributed by atoms with van der Waals surface area (Å²) in [5.74, 6) is 0.290. The largest absolute Gasteiger partial charge is 0.388 e. The number of anilines is 1. The van der Waals surface area contributed by atoms with Gasteiger partial charge < -0.3 is 14.7 Å². The first kappa shape index (κ1) is 11.7. The second kappa shape index (κ2) is 4.37. The number of benzene rings is 1. The van der Waals surface area contributed by atoms with Crippen LogP contribution in [-0.2, 0) is 16.0 Å². The molecule has 0 aromatic heterocycles. The molecule has 3 rings (SSSR count). The molecule has 1 amide bonds. The number of carbonyl (C=O) groups is 1. The predicted molar refractivity (Wildman–Crippen MR) is 67.4 cm³/mol. The summed E-state index contributed by atoms with van der Waals surface area (Å²) in [6.45, 7) is 1.35. The quantitative estimate of drug-likeness (QED) is 0.856. The second-order valence-electron chi connectivity index (χ2n) is 5.09. The summed E-state index contributed by atoms with van der Waals surface area (Å²) in [4.78, 5) is 13.3. The number of ether oxygens (including phenoxy) is 1. The molecule has 2 atom stereocenters. The molecule has 0 aliphatic carbocycles. The Labute approximate surface area is 106 Å². The monoisotopic (exact) mass is 247 g/mol. The summed E-state index contributed by atoms with van der Waals surface area (Å²) in [7, 11) is 1.79. The van der Waals surface area contributed by atoms with Crippen LogP contribution in [0.15, 0.2) is 18.2 Å². The molecule has 4 heteroatoms. The van der Waals surface area contributed by atoms with Crippen molar-refractivity contribution >= 4 is 11.6 Å². The molecule has 2 heterocycles. The molecule has 0 bridgehead atoms. The number of amides is 1. The summed E-state index contributed by atoms with van der Waals surface area (Å²) in [5.41, 5.74) is 2.86. The molecule has 1 aromatic carbocycles. The molecule has 0 radical (unpaired) electrons. The van der Waals surface area contributed by atoms with Gasteiger partial charge >= 0.3 is 0 Å². The average molecular weight is 247 g/mol. The van der Waals surface area contributed by atoms with Gasteiger partial charge in [-0.2, -0.15) is 0 Å². The smallest absolute Gasteiger partial charge is 0.231 e. The maximum absolute atomic E-state index is 11.6. The topological polar surface area (TPSA) is 49.8 Å². The maximum Gasteiger partial charge on any atom is 0.231 e. The molecule has 1 aromatic rings. The Balaban J connectivity index is 1.87. The van der Waals surface area contributed by atoms with E-state index >= 15 is 0 Å². The number of rotatable bonds is 2. The van der Waals surface area contributed by atoms with Crippen LogP contribution in [0.3, 0.4) is 0 Å². The Morgan fingerprint density at radius 3 is 3.06 bits per heavy atom. The Morgan fingerprint density at radius 2 is 2.33 bits per heavy atom. The number of carbonyl (C=O) groups excluding carboxylic acids is 1. The second-order valence-corrected chi connectivity index (χ2v) is 5.09. The third kappa shape index (κ3) is 1.82. The van der Waals surface area contributed by atoms with E-state index in [1.165, 1.54) is 0 Å². The zero-order valence-electron chi connectivity index (χ0n) is 10.4. The van der Waals surface area contributed by atoms with E-state index in [0.29, 0.717) is 13.0 Å². The average Bonchev–Trinajstić information content (AvgIpc) is 2.98. The van der Waals surface area contributed by atoms with Gasteiger partial charge in [0.2, 0.25) is 5.91 Å². The van der Waals surface area contributed by atoms with Gasteiger partial charge in [-0.05, 0) is 23.6 Å². The molecule has 0 saturated carbocycles. The molecular formula is C14H17NO3. The number of aliphatic hydroxyl groups is 1. The minimum absolute atomic E-state index is 0.112. The van der Waals surface area contributed by atoms with Gasteiger partial charge in [-0.25, -0.2) is 0 Å². The first-order valence-electron chi connectivity index (χ1n) is 6.32. The fourth-order valence-electron chi connectivity index (χ4n) is 2.75. The zero-order valence-corrected chi connectivity index (χ0v) is 10.4. The van der Waals surface area contributed by atoms with E-state index in [9.17, 15) is 9.90 Å². The summed E-state index contributed by atoms with van der Waals surface area (Å²) in [6.07, 6.45) is 0.851. The lowest BCUT2D eigenvalue weighted by Gasteiger charge is -2.18. The molecule has 1 N–H and O–H groups in total. The molecule has 1 fully saturated rings. The van der Waals surface area contributed by atoms with Crippen LogP contribution in [0.4, 0.5) is 5.69 Å². The molecule has 1 saturated heterocycles. The lowest BCUT2D eigenvalue weighted by Crippen LogP contribution is -2.20. The number of hydrogen-bond acceptors (Lipinski definition) is 3. The molecule has 18 heavy (non-hydrogen) atoms. The highest BCUT2D eigenvalue weighted by Gasteiger charge is 2.28. The first-order chi connectivity index (χ1) is 8.66. The van der Waals surface area contributed by atoms with Crippen LogP contribution >= 0.6 is 0 Å². The maximum atomic E-state index is 11.6. The van der Waals surface area contributed by atoms with Crippen molar-refractivity contribution in [1.29, 1.82) is 0 Å². The highest BCUT2D eigenvalue weighted by molar-refractivity contribution is 6.00. The Hall–Kier alpha value is -1.39. The summed E-state index contributed by atoms with van der Waals surface area (Å²) >= 11 is 0. The van der Waals surface area contributed by atoms with E-state index in [1.807, 2.05) is 18.2 Å². The number of nitrogens with zero attached hydrogens (tertiary/aromatic N) is 1. The van der Waals surface area contributed by atoms with Gasteiger partial charge in [0.05, 0.1) is 19.1 Å². The minimum Gasteiger partial charge on any atom is -0.388 e. The van der Waals surface area contributed by atoms with Crippen molar-refractivity contribution < 1.29 is 14.6 Å².